The third-order valence-corrected chi connectivity index (χ3v) is 2.67. The van der Waals surface area contributed by atoms with Gasteiger partial charge in [-0.2, -0.15) is 10.4 Å². The van der Waals surface area contributed by atoms with Gasteiger partial charge in [0, 0.05) is 18.4 Å². The number of carbonyl (C=O) groups is 2. The highest BCUT2D eigenvalue weighted by Crippen LogP contribution is 2.10. The molecule has 0 aliphatic heterocycles. The summed E-state index contributed by atoms with van der Waals surface area (Å²) >= 11 is 0. The van der Waals surface area contributed by atoms with Crippen LogP contribution in [0.2, 0.25) is 0 Å². The van der Waals surface area contributed by atoms with E-state index in [-0.39, 0.29) is 0 Å². The van der Waals surface area contributed by atoms with Crippen molar-refractivity contribution in [3.05, 3.63) is 42.2 Å². The Bertz CT molecular complexity index is 714. The van der Waals surface area contributed by atoms with E-state index in [1.165, 1.54) is 12.3 Å². The van der Waals surface area contributed by atoms with Crippen LogP contribution >= 0.6 is 0 Å². The minimum atomic E-state index is -0.811. The van der Waals surface area contributed by atoms with Crippen LogP contribution < -0.4 is 10.6 Å². The molecule has 0 aliphatic rings. The number of nitrogens with one attached hydrogen (secondary N) is 2. The Morgan fingerprint density at radius 2 is 2.00 bits per heavy atom. The molecule has 0 aliphatic carbocycles. The van der Waals surface area contributed by atoms with Gasteiger partial charge >= 0.3 is 11.8 Å². The van der Waals surface area contributed by atoms with Gasteiger partial charge in [0.25, 0.3) is 0 Å². The summed E-state index contributed by atoms with van der Waals surface area (Å²) in [4.78, 5) is 23.5. The van der Waals surface area contributed by atoms with Crippen molar-refractivity contribution in [2.24, 2.45) is 0 Å². The maximum atomic E-state index is 11.8. The summed E-state index contributed by atoms with van der Waals surface area (Å²) in [6, 6.07) is 8.27. The number of nitrogens with zero attached hydrogens (tertiary/aromatic N) is 3. The molecule has 0 bridgehead atoms. The lowest BCUT2D eigenvalue weighted by atomic mass is 10.2. The molecule has 0 radical (unpaired) electrons. The molecule has 2 N–H and O–H groups in total. The van der Waals surface area contributed by atoms with E-state index in [1.807, 2.05) is 13.0 Å². The predicted molar refractivity (Wildman–Crippen MR) is 76.3 cm³/mol. The summed E-state index contributed by atoms with van der Waals surface area (Å²) in [7, 11) is 0. The van der Waals surface area contributed by atoms with E-state index in [1.54, 1.807) is 29.1 Å². The Hall–Kier alpha value is -3.14. The van der Waals surface area contributed by atoms with Gasteiger partial charge < -0.3 is 10.6 Å². The van der Waals surface area contributed by atoms with E-state index in [2.05, 4.69) is 15.7 Å². The highest BCUT2D eigenvalue weighted by atomic mass is 16.2. The second-order valence-corrected chi connectivity index (χ2v) is 4.19. The Morgan fingerprint density at radius 1 is 1.29 bits per heavy atom. The van der Waals surface area contributed by atoms with Crippen molar-refractivity contribution < 1.29 is 9.59 Å². The van der Waals surface area contributed by atoms with Crippen molar-refractivity contribution in [3.63, 3.8) is 0 Å². The van der Waals surface area contributed by atoms with E-state index in [0.29, 0.717) is 23.5 Å². The first kappa shape index (κ1) is 14.3. The molecule has 0 atom stereocenters. The highest BCUT2D eigenvalue weighted by Gasteiger charge is 2.14. The average molecular weight is 283 g/mol. The highest BCUT2D eigenvalue weighted by molar-refractivity contribution is 6.43. The topological polar surface area (TPSA) is 99.8 Å². The van der Waals surface area contributed by atoms with Crippen LogP contribution in [-0.4, -0.2) is 21.6 Å². The standard InChI is InChI=1S/C14H13N5O2/c1-2-19-9-12(8-16-19)18-14(21)13(20)17-11-5-3-4-10(6-11)7-15/h3-6,8-9H,2H2,1H3,(H,17,20)(H,18,21). The molecular weight excluding hydrogens is 270 g/mol. The van der Waals surface area contributed by atoms with Crippen molar-refractivity contribution >= 4 is 23.2 Å². The van der Waals surface area contributed by atoms with Gasteiger partial charge in [-0.3, -0.25) is 14.3 Å². The van der Waals surface area contributed by atoms with Crippen LogP contribution in [0.15, 0.2) is 36.7 Å². The van der Waals surface area contributed by atoms with E-state index in [0.717, 1.165) is 0 Å². The SMILES string of the molecule is CCn1cc(NC(=O)C(=O)Nc2cccc(C#N)c2)cn1. The first-order chi connectivity index (χ1) is 10.1. The largest absolute Gasteiger partial charge is 0.318 e. The lowest BCUT2D eigenvalue weighted by Gasteiger charge is -2.05. The van der Waals surface area contributed by atoms with Crippen molar-refractivity contribution in [1.82, 2.24) is 9.78 Å². The molecule has 2 amide bonds. The molecule has 7 heteroatoms. The van der Waals surface area contributed by atoms with Gasteiger partial charge in [0.1, 0.15) is 0 Å². The molecule has 1 aromatic heterocycles. The maximum absolute atomic E-state index is 11.8. The number of hydrogen-bond acceptors (Lipinski definition) is 4. The number of nitriles is 1. The second kappa shape index (κ2) is 6.34. The van der Waals surface area contributed by atoms with Gasteiger partial charge in [0.2, 0.25) is 0 Å². The van der Waals surface area contributed by atoms with Crippen LogP contribution in [0.4, 0.5) is 11.4 Å². The normalized spacial score (nSPS) is 9.71. The number of anilines is 2. The number of aryl methyl sites for hydroxylation is 1. The number of amides is 2. The Balaban J connectivity index is 1.99. The number of aromatic nitrogens is 2. The zero-order valence-corrected chi connectivity index (χ0v) is 11.3. The van der Waals surface area contributed by atoms with Crippen molar-refractivity contribution in [2.75, 3.05) is 10.6 Å². The lowest BCUT2D eigenvalue weighted by molar-refractivity contribution is -0.132. The third kappa shape index (κ3) is 3.67. The molecule has 106 valence electrons. The molecule has 2 rings (SSSR count). The molecule has 0 unspecified atom stereocenters. The fourth-order valence-electron chi connectivity index (χ4n) is 1.64. The van der Waals surface area contributed by atoms with Gasteiger partial charge in [-0.15, -0.1) is 0 Å². The van der Waals surface area contributed by atoms with Gasteiger partial charge in [-0.05, 0) is 25.1 Å². The smallest absolute Gasteiger partial charge is 0.314 e. The van der Waals surface area contributed by atoms with Gasteiger partial charge in [-0.1, -0.05) is 6.07 Å². The number of hydrogen-bond donors (Lipinski definition) is 2. The van der Waals surface area contributed by atoms with Gasteiger partial charge in [-0.25, -0.2) is 0 Å². The van der Waals surface area contributed by atoms with Crippen molar-refractivity contribution in [2.45, 2.75) is 13.5 Å². The second-order valence-electron chi connectivity index (χ2n) is 4.19. The van der Waals surface area contributed by atoms with E-state index in [9.17, 15) is 9.59 Å². The Morgan fingerprint density at radius 3 is 2.62 bits per heavy atom. The monoisotopic (exact) mass is 283 g/mol. The zero-order chi connectivity index (χ0) is 15.2. The minimum absolute atomic E-state index is 0.387. The molecule has 0 spiro atoms. The van der Waals surface area contributed by atoms with Crippen LogP contribution in [0, 0.1) is 11.3 Å². The number of carbonyl (C=O) groups excluding carboxylic acids is 2. The quantitative estimate of drug-likeness (QED) is 0.830. The molecule has 1 heterocycles. The van der Waals surface area contributed by atoms with Gasteiger partial charge in [0.15, 0.2) is 0 Å². The first-order valence-electron chi connectivity index (χ1n) is 6.27. The van der Waals surface area contributed by atoms with Crippen LogP contribution in [-0.2, 0) is 16.1 Å². The predicted octanol–water partition coefficient (Wildman–Crippen LogP) is 1.35. The molecule has 0 saturated carbocycles. The summed E-state index contributed by atoms with van der Waals surface area (Å²) in [6.07, 6.45) is 3.09. The van der Waals surface area contributed by atoms with E-state index in [4.69, 9.17) is 5.26 Å². The molecular formula is C14H13N5O2. The van der Waals surface area contributed by atoms with Crippen molar-refractivity contribution in [1.29, 1.82) is 5.26 Å². The van der Waals surface area contributed by atoms with Crippen LogP contribution in [0.1, 0.15) is 12.5 Å². The fourth-order valence-corrected chi connectivity index (χ4v) is 1.64. The molecule has 21 heavy (non-hydrogen) atoms. The molecule has 1 aromatic carbocycles. The van der Waals surface area contributed by atoms with Crippen molar-refractivity contribution in [3.8, 4) is 6.07 Å². The molecule has 0 fully saturated rings. The first-order valence-corrected chi connectivity index (χ1v) is 6.27. The fraction of sp³-hybridized carbons (Fsp3) is 0.143. The summed E-state index contributed by atoms with van der Waals surface area (Å²) < 4.78 is 1.63. The number of rotatable bonds is 3. The average Bonchev–Trinajstić information content (AvgIpc) is 2.95. The van der Waals surface area contributed by atoms with Crippen LogP contribution in [0.25, 0.3) is 0 Å². The summed E-state index contributed by atoms with van der Waals surface area (Å²) in [5.41, 5.74) is 1.23. The minimum Gasteiger partial charge on any atom is -0.318 e. The summed E-state index contributed by atoms with van der Waals surface area (Å²) in [5, 5.41) is 17.6. The Kier molecular flexibility index (Phi) is 4.31. The van der Waals surface area contributed by atoms with E-state index >= 15 is 0 Å². The maximum Gasteiger partial charge on any atom is 0.314 e. The summed E-state index contributed by atoms with van der Waals surface area (Å²) in [5.74, 6) is -1.61. The van der Waals surface area contributed by atoms with E-state index < -0.39 is 11.8 Å². The van der Waals surface area contributed by atoms with Gasteiger partial charge in [0.05, 0.1) is 23.5 Å². The molecule has 2 aromatic rings. The van der Waals surface area contributed by atoms with Crippen LogP contribution in [0.5, 0.6) is 0 Å². The Labute approximate surface area is 121 Å². The van der Waals surface area contributed by atoms with Crippen LogP contribution in [0.3, 0.4) is 0 Å². The number of benzene rings is 1. The third-order valence-electron chi connectivity index (χ3n) is 2.67. The zero-order valence-electron chi connectivity index (χ0n) is 11.3. The molecule has 0 saturated heterocycles. The lowest BCUT2D eigenvalue weighted by Crippen LogP contribution is -2.28. The molecule has 7 nitrogen and oxygen atoms in total. The summed E-state index contributed by atoms with van der Waals surface area (Å²) in [6.45, 7) is 2.58.